The van der Waals surface area contributed by atoms with Crippen molar-refractivity contribution in [2.75, 3.05) is 6.54 Å². The zero-order chi connectivity index (χ0) is 14.3. The summed E-state index contributed by atoms with van der Waals surface area (Å²) in [6, 6.07) is 8.86. The number of allylic oxidation sites excluding steroid dienone is 1. The largest absolute Gasteiger partial charge is 0.312 e. The molecule has 0 aliphatic carbocycles. The number of nitrogens with one attached hydrogen (secondary N) is 1. The standard InChI is InChI=1S/C18H29N/c1-15(2)11-12-17-9-6-8-16(14-17)10-7-13-19-18(3,4)5/h6,8-9,11-12,14-15,19H,7,10,13H2,1-5H3/b12-11+. The van der Waals surface area contributed by atoms with E-state index < -0.39 is 0 Å². The average molecular weight is 259 g/mol. The Morgan fingerprint density at radius 3 is 2.58 bits per heavy atom. The first-order valence-corrected chi connectivity index (χ1v) is 7.39. The van der Waals surface area contributed by atoms with E-state index in [2.05, 4.69) is 76.4 Å². The van der Waals surface area contributed by atoms with Gasteiger partial charge in [-0.2, -0.15) is 0 Å². The van der Waals surface area contributed by atoms with Crippen LogP contribution in [0.15, 0.2) is 30.3 Å². The lowest BCUT2D eigenvalue weighted by molar-refractivity contribution is 0.422. The third-order valence-corrected chi connectivity index (χ3v) is 2.92. The van der Waals surface area contributed by atoms with Crippen molar-refractivity contribution < 1.29 is 0 Å². The zero-order valence-corrected chi connectivity index (χ0v) is 13.2. The molecule has 0 bridgehead atoms. The highest BCUT2D eigenvalue weighted by Gasteiger charge is 2.07. The summed E-state index contributed by atoms with van der Waals surface area (Å²) in [5.41, 5.74) is 2.97. The smallest absolute Gasteiger partial charge is 0.00965 e. The molecule has 1 aromatic carbocycles. The summed E-state index contributed by atoms with van der Waals surface area (Å²) < 4.78 is 0. The second-order valence-electron chi connectivity index (χ2n) is 6.63. The Hall–Kier alpha value is -1.08. The van der Waals surface area contributed by atoms with Crippen LogP contribution in [0.2, 0.25) is 0 Å². The van der Waals surface area contributed by atoms with Crippen LogP contribution in [0.3, 0.4) is 0 Å². The van der Waals surface area contributed by atoms with Gasteiger partial charge < -0.3 is 5.32 Å². The van der Waals surface area contributed by atoms with E-state index in [1.165, 1.54) is 17.5 Å². The highest BCUT2D eigenvalue weighted by Crippen LogP contribution is 2.11. The summed E-state index contributed by atoms with van der Waals surface area (Å²) in [4.78, 5) is 0. The third kappa shape index (κ3) is 7.84. The molecule has 1 aromatic rings. The number of aryl methyl sites for hydroxylation is 1. The van der Waals surface area contributed by atoms with Gasteiger partial charge in [0.2, 0.25) is 0 Å². The molecular formula is C18H29N. The van der Waals surface area contributed by atoms with Crippen molar-refractivity contribution in [2.45, 2.75) is 53.0 Å². The molecule has 0 unspecified atom stereocenters. The molecule has 0 heterocycles. The van der Waals surface area contributed by atoms with Gasteiger partial charge in [-0.1, -0.05) is 50.3 Å². The van der Waals surface area contributed by atoms with E-state index in [-0.39, 0.29) is 5.54 Å². The second kappa shape index (κ2) is 7.49. The maximum atomic E-state index is 3.53. The van der Waals surface area contributed by atoms with Gasteiger partial charge in [0, 0.05) is 5.54 Å². The third-order valence-electron chi connectivity index (χ3n) is 2.92. The molecule has 0 aromatic heterocycles. The van der Waals surface area contributed by atoms with Crippen LogP contribution in [0.25, 0.3) is 6.08 Å². The van der Waals surface area contributed by atoms with E-state index in [0.29, 0.717) is 5.92 Å². The lowest BCUT2D eigenvalue weighted by Crippen LogP contribution is -2.36. The van der Waals surface area contributed by atoms with Crippen molar-refractivity contribution in [3.05, 3.63) is 41.5 Å². The molecule has 0 saturated heterocycles. The fourth-order valence-corrected chi connectivity index (χ4v) is 1.91. The molecule has 1 nitrogen and oxygen atoms in total. The van der Waals surface area contributed by atoms with Gasteiger partial charge in [-0.05, 0) is 57.2 Å². The Kier molecular flexibility index (Phi) is 6.30. The molecular weight excluding hydrogens is 230 g/mol. The van der Waals surface area contributed by atoms with Gasteiger partial charge in [-0.25, -0.2) is 0 Å². The number of hydrogen-bond donors (Lipinski definition) is 1. The topological polar surface area (TPSA) is 12.0 Å². The van der Waals surface area contributed by atoms with E-state index in [0.717, 1.165) is 13.0 Å². The highest BCUT2D eigenvalue weighted by molar-refractivity contribution is 5.50. The van der Waals surface area contributed by atoms with E-state index in [4.69, 9.17) is 0 Å². The van der Waals surface area contributed by atoms with Gasteiger partial charge in [0.05, 0.1) is 0 Å². The van der Waals surface area contributed by atoms with E-state index in [1.807, 2.05) is 0 Å². The fourth-order valence-electron chi connectivity index (χ4n) is 1.91. The monoisotopic (exact) mass is 259 g/mol. The zero-order valence-electron chi connectivity index (χ0n) is 13.2. The molecule has 19 heavy (non-hydrogen) atoms. The second-order valence-corrected chi connectivity index (χ2v) is 6.63. The normalized spacial score (nSPS) is 12.5. The van der Waals surface area contributed by atoms with Crippen LogP contribution < -0.4 is 5.32 Å². The molecule has 106 valence electrons. The van der Waals surface area contributed by atoms with Crippen molar-refractivity contribution in [1.29, 1.82) is 0 Å². The summed E-state index contributed by atoms with van der Waals surface area (Å²) in [5.74, 6) is 0.611. The molecule has 0 saturated carbocycles. The van der Waals surface area contributed by atoms with Gasteiger partial charge in [-0.15, -0.1) is 0 Å². The van der Waals surface area contributed by atoms with Crippen molar-refractivity contribution in [2.24, 2.45) is 5.92 Å². The molecule has 1 rings (SSSR count). The van der Waals surface area contributed by atoms with Gasteiger partial charge in [0.1, 0.15) is 0 Å². The maximum absolute atomic E-state index is 3.53. The summed E-state index contributed by atoms with van der Waals surface area (Å²) in [7, 11) is 0. The van der Waals surface area contributed by atoms with E-state index in [9.17, 15) is 0 Å². The van der Waals surface area contributed by atoms with Crippen LogP contribution in [0.1, 0.15) is 52.2 Å². The summed E-state index contributed by atoms with van der Waals surface area (Å²) in [6.45, 7) is 12.1. The van der Waals surface area contributed by atoms with Crippen LogP contribution in [0.4, 0.5) is 0 Å². The lowest BCUT2D eigenvalue weighted by atomic mass is 10.0. The van der Waals surface area contributed by atoms with Crippen molar-refractivity contribution >= 4 is 6.08 Å². The average Bonchev–Trinajstić information content (AvgIpc) is 2.32. The first-order chi connectivity index (χ1) is 8.87. The number of rotatable bonds is 6. The molecule has 0 radical (unpaired) electrons. The van der Waals surface area contributed by atoms with Crippen LogP contribution in [-0.2, 0) is 6.42 Å². The minimum absolute atomic E-state index is 0.224. The number of benzene rings is 1. The SMILES string of the molecule is CC(C)/C=C/c1cccc(CCCNC(C)(C)C)c1. The molecule has 0 amide bonds. The van der Waals surface area contributed by atoms with Crippen molar-refractivity contribution in [1.82, 2.24) is 5.32 Å². The number of hydrogen-bond acceptors (Lipinski definition) is 1. The minimum atomic E-state index is 0.224. The molecule has 0 spiro atoms. The molecule has 0 fully saturated rings. The van der Waals surface area contributed by atoms with Gasteiger partial charge in [-0.3, -0.25) is 0 Å². The summed E-state index contributed by atoms with van der Waals surface area (Å²) >= 11 is 0. The summed E-state index contributed by atoms with van der Waals surface area (Å²) in [5, 5.41) is 3.53. The first-order valence-electron chi connectivity index (χ1n) is 7.39. The molecule has 0 atom stereocenters. The quantitative estimate of drug-likeness (QED) is 0.732. The maximum Gasteiger partial charge on any atom is 0.00965 e. The van der Waals surface area contributed by atoms with Crippen LogP contribution in [0, 0.1) is 5.92 Å². The van der Waals surface area contributed by atoms with Crippen molar-refractivity contribution in [3.63, 3.8) is 0 Å². The van der Waals surface area contributed by atoms with Crippen molar-refractivity contribution in [3.8, 4) is 0 Å². The highest BCUT2D eigenvalue weighted by atomic mass is 14.9. The lowest BCUT2D eigenvalue weighted by Gasteiger charge is -2.20. The molecule has 1 N–H and O–H groups in total. The Morgan fingerprint density at radius 2 is 1.95 bits per heavy atom. The van der Waals surface area contributed by atoms with E-state index >= 15 is 0 Å². The fraction of sp³-hybridized carbons (Fsp3) is 0.556. The Balaban J connectivity index is 2.44. The van der Waals surface area contributed by atoms with Crippen LogP contribution in [0.5, 0.6) is 0 Å². The van der Waals surface area contributed by atoms with Gasteiger partial charge in [0.25, 0.3) is 0 Å². The van der Waals surface area contributed by atoms with Crippen LogP contribution in [-0.4, -0.2) is 12.1 Å². The first kappa shape index (κ1) is 16.0. The Bertz CT molecular complexity index is 396. The van der Waals surface area contributed by atoms with Gasteiger partial charge >= 0.3 is 0 Å². The molecule has 0 aliphatic rings. The predicted molar refractivity (Wildman–Crippen MR) is 86.4 cm³/mol. The van der Waals surface area contributed by atoms with Gasteiger partial charge in [0.15, 0.2) is 0 Å². The minimum Gasteiger partial charge on any atom is -0.312 e. The Morgan fingerprint density at radius 1 is 1.21 bits per heavy atom. The predicted octanol–water partition coefficient (Wildman–Crippen LogP) is 4.68. The van der Waals surface area contributed by atoms with Crippen LogP contribution >= 0.6 is 0 Å². The van der Waals surface area contributed by atoms with E-state index in [1.54, 1.807) is 0 Å². The molecule has 0 aliphatic heterocycles. The Labute approximate surface area is 119 Å². The molecule has 1 heteroatoms. The summed E-state index contributed by atoms with van der Waals surface area (Å²) in [6.07, 6.45) is 6.81.